The molecule has 0 aliphatic heterocycles. The summed E-state index contributed by atoms with van der Waals surface area (Å²) < 4.78 is 0. The lowest BCUT2D eigenvalue weighted by molar-refractivity contribution is 0.199. The molecule has 0 aromatic carbocycles. The Hall–Kier alpha value is -0.0800. The summed E-state index contributed by atoms with van der Waals surface area (Å²) in [7, 11) is 2.32. The maximum atomic E-state index is 3.58. The summed E-state index contributed by atoms with van der Waals surface area (Å²) in [6, 6.07) is 0. The smallest absolute Gasteiger partial charge is 0.00162 e. The number of hydrogen-bond donors (Lipinski definition) is 1. The summed E-state index contributed by atoms with van der Waals surface area (Å²) in [4.78, 5) is 2.59. The van der Waals surface area contributed by atoms with Crippen LogP contribution in [0.1, 0.15) is 46.5 Å². The minimum Gasteiger partial charge on any atom is -0.316 e. The average Bonchev–Trinajstić information content (AvgIpc) is 2.89. The summed E-state index contributed by atoms with van der Waals surface area (Å²) >= 11 is 0. The molecule has 0 aromatic heterocycles. The van der Waals surface area contributed by atoms with Gasteiger partial charge in [0.25, 0.3) is 0 Å². The van der Waals surface area contributed by atoms with Crippen LogP contribution >= 0.6 is 0 Å². The second kappa shape index (κ2) is 7.08. The Labute approximate surface area is 120 Å². The van der Waals surface area contributed by atoms with Gasteiger partial charge in [-0.15, -0.1) is 0 Å². The largest absolute Gasteiger partial charge is 0.316 e. The third-order valence-corrected chi connectivity index (χ3v) is 5.10. The third kappa shape index (κ3) is 4.75. The van der Waals surface area contributed by atoms with Crippen LogP contribution in [0.3, 0.4) is 0 Å². The maximum absolute atomic E-state index is 3.58. The molecule has 0 heterocycles. The fourth-order valence-corrected chi connectivity index (χ4v) is 4.29. The zero-order valence-corrected chi connectivity index (χ0v) is 13.5. The monoisotopic (exact) mass is 266 g/mol. The van der Waals surface area contributed by atoms with Crippen LogP contribution in [-0.4, -0.2) is 38.1 Å². The van der Waals surface area contributed by atoms with Crippen molar-refractivity contribution in [3.63, 3.8) is 0 Å². The number of nitrogens with zero attached hydrogens (tertiary/aromatic N) is 1. The number of fused-ring (bicyclic) bond motifs is 2. The molecule has 2 fully saturated rings. The Bertz CT molecular complexity index is 264. The van der Waals surface area contributed by atoms with E-state index in [1.165, 1.54) is 38.9 Å². The SMILES string of the molecule is CC(C)CNCC(C)CN(C)CC1CC2CCC1C2. The van der Waals surface area contributed by atoms with Gasteiger partial charge in [-0.25, -0.2) is 0 Å². The van der Waals surface area contributed by atoms with Crippen molar-refractivity contribution in [1.29, 1.82) is 0 Å². The first-order valence-electron chi connectivity index (χ1n) is 8.43. The quantitative estimate of drug-likeness (QED) is 0.725. The summed E-state index contributed by atoms with van der Waals surface area (Å²) in [6.07, 6.45) is 6.12. The Morgan fingerprint density at radius 3 is 2.47 bits per heavy atom. The van der Waals surface area contributed by atoms with Gasteiger partial charge >= 0.3 is 0 Å². The second-order valence-electron chi connectivity index (χ2n) is 7.81. The normalized spacial score (nSPS) is 31.6. The van der Waals surface area contributed by atoms with Crippen LogP contribution in [0.2, 0.25) is 0 Å². The molecule has 2 bridgehead atoms. The van der Waals surface area contributed by atoms with E-state index in [1.54, 1.807) is 6.42 Å². The highest BCUT2D eigenvalue weighted by atomic mass is 15.1. The Morgan fingerprint density at radius 1 is 1.11 bits per heavy atom. The van der Waals surface area contributed by atoms with Gasteiger partial charge in [0.2, 0.25) is 0 Å². The maximum Gasteiger partial charge on any atom is 0.00162 e. The molecule has 2 aliphatic rings. The van der Waals surface area contributed by atoms with Gasteiger partial charge in [-0.1, -0.05) is 27.2 Å². The molecule has 2 rings (SSSR count). The van der Waals surface area contributed by atoms with Gasteiger partial charge in [-0.2, -0.15) is 0 Å². The van der Waals surface area contributed by atoms with E-state index < -0.39 is 0 Å². The van der Waals surface area contributed by atoms with Gasteiger partial charge in [0.15, 0.2) is 0 Å². The molecule has 0 amide bonds. The van der Waals surface area contributed by atoms with Crippen LogP contribution in [0.15, 0.2) is 0 Å². The summed E-state index contributed by atoms with van der Waals surface area (Å²) in [5.41, 5.74) is 0. The van der Waals surface area contributed by atoms with E-state index in [0.29, 0.717) is 0 Å². The van der Waals surface area contributed by atoms with E-state index in [1.807, 2.05) is 0 Å². The molecule has 0 radical (unpaired) electrons. The van der Waals surface area contributed by atoms with Crippen LogP contribution in [0, 0.1) is 29.6 Å². The van der Waals surface area contributed by atoms with Crippen molar-refractivity contribution in [2.24, 2.45) is 29.6 Å². The van der Waals surface area contributed by atoms with Crippen LogP contribution in [0.4, 0.5) is 0 Å². The first kappa shape index (κ1) is 15.3. The fourth-order valence-electron chi connectivity index (χ4n) is 4.29. The highest BCUT2D eigenvalue weighted by Crippen LogP contribution is 2.48. The fraction of sp³-hybridized carbons (Fsp3) is 1.00. The summed E-state index contributed by atoms with van der Waals surface area (Å²) in [6.45, 7) is 11.8. The molecule has 0 saturated heterocycles. The predicted octanol–water partition coefficient (Wildman–Crippen LogP) is 3.24. The topological polar surface area (TPSA) is 15.3 Å². The molecule has 4 unspecified atom stereocenters. The molecule has 2 nitrogen and oxygen atoms in total. The van der Waals surface area contributed by atoms with E-state index >= 15 is 0 Å². The molecular formula is C17H34N2. The molecular weight excluding hydrogens is 232 g/mol. The first-order chi connectivity index (χ1) is 9.04. The number of nitrogens with one attached hydrogen (secondary N) is 1. The molecule has 2 heteroatoms. The molecule has 2 saturated carbocycles. The van der Waals surface area contributed by atoms with Crippen molar-refractivity contribution >= 4 is 0 Å². The zero-order chi connectivity index (χ0) is 13.8. The van der Waals surface area contributed by atoms with Crippen LogP contribution in [0.25, 0.3) is 0 Å². The van der Waals surface area contributed by atoms with Crippen LogP contribution < -0.4 is 5.32 Å². The molecule has 4 atom stereocenters. The summed E-state index contributed by atoms with van der Waals surface area (Å²) in [5.74, 6) is 4.70. The molecule has 0 spiro atoms. The molecule has 0 aromatic rings. The Balaban J connectivity index is 1.59. The predicted molar refractivity (Wildman–Crippen MR) is 83.3 cm³/mol. The lowest BCUT2D eigenvalue weighted by Gasteiger charge is -2.29. The minimum absolute atomic E-state index is 0.763. The Kier molecular flexibility index (Phi) is 5.70. The highest BCUT2D eigenvalue weighted by Gasteiger charge is 2.39. The van der Waals surface area contributed by atoms with Crippen molar-refractivity contribution in [2.75, 3.05) is 33.2 Å². The second-order valence-corrected chi connectivity index (χ2v) is 7.81. The summed E-state index contributed by atoms with van der Waals surface area (Å²) in [5, 5.41) is 3.58. The first-order valence-corrected chi connectivity index (χ1v) is 8.43. The van der Waals surface area contributed by atoms with Gasteiger partial charge in [-0.05, 0) is 69.0 Å². The minimum atomic E-state index is 0.763. The van der Waals surface area contributed by atoms with Crippen molar-refractivity contribution < 1.29 is 0 Å². The van der Waals surface area contributed by atoms with Gasteiger partial charge in [-0.3, -0.25) is 0 Å². The van der Waals surface area contributed by atoms with Gasteiger partial charge in [0, 0.05) is 13.1 Å². The Morgan fingerprint density at radius 2 is 1.89 bits per heavy atom. The van der Waals surface area contributed by atoms with Crippen molar-refractivity contribution in [3.05, 3.63) is 0 Å². The van der Waals surface area contributed by atoms with E-state index in [9.17, 15) is 0 Å². The van der Waals surface area contributed by atoms with Gasteiger partial charge in [0.05, 0.1) is 0 Å². The van der Waals surface area contributed by atoms with Crippen LogP contribution in [-0.2, 0) is 0 Å². The zero-order valence-electron chi connectivity index (χ0n) is 13.5. The van der Waals surface area contributed by atoms with E-state index in [0.717, 1.165) is 36.1 Å². The van der Waals surface area contributed by atoms with Crippen molar-refractivity contribution in [3.8, 4) is 0 Å². The highest BCUT2D eigenvalue weighted by molar-refractivity contribution is 4.91. The van der Waals surface area contributed by atoms with E-state index in [-0.39, 0.29) is 0 Å². The van der Waals surface area contributed by atoms with Crippen LogP contribution in [0.5, 0.6) is 0 Å². The molecule has 2 aliphatic carbocycles. The van der Waals surface area contributed by atoms with Gasteiger partial charge < -0.3 is 10.2 Å². The number of hydrogen-bond acceptors (Lipinski definition) is 2. The van der Waals surface area contributed by atoms with Gasteiger partial charge in [0.1, 0.15) is 0 Å². The van der Waals surface area contributed by atoms with E-state index in [4.69, 9.17) is 0 Å². The standard InChI is InChI=1S/C17H34N2/c1-13(2)9-18-10-14(3)11-19(4)12-17-8-15-5-6-16(17)7-15/h13-18H,5-12H2,1-4H3. The number of rotatable bonds is 8. The van der Waals surface area contributed by atoms with Crippen molar-refractivity contribution in [2.45, 2.75) is 46.5 Å². The third-order valence-electron chi connectivity index (χ3n) is 5.10. The van der Waals surface area contributed by atoms with Crippen molar-refractivity contribution in [1.82, 2.24) is 10.2 Å². The lowest BCUT2D eigenvalue weighted by Crippen LogP contribution is -2.35. The molecule has 19 heavy (non-hydrogen) atoms. The lowest BCUT2D eigenvalue weighted by atomic mass is 9.88. The molecule has 112 valence electrons. The molecule has 1 N–H and O–H groups in total. The van der Waals surface area contributed by atoms with E-state index in [2.05, 4.69) is 38.0 Å². The average molecular weight is 266 g/mol.